The molecule has 0 aliphatic carbocycles. The van der Waals surface area contributed by atoms with Crippen LogP contribution in [0.3, 0.4) is 0 Å². The third-order valence-corrected chi connectivity index (χ3v) is 3.60. The predicted molar refractivity (Wildman–Crippen MR) is 71.2 cm³/mol. The lowest BCUT2D eigenvalue weighted by Gasteiger charge is -2.23. The Morgan fingerprint density at radius 3 is 2.56 bits per heavy atom. The number of hydrogen-bond donors (Lipinski definition) is 1. The van der Waals surface area contributed by atoms with Gasteiger partial charge in [-0.15, -0.1) is 0 Å². The smallest absolute Gasteiger partial charge is 0.0449 e. The van der Waals surface area contributed by atoms with Crippen molar-refractivity contribution in [2.75, 3.05) is 24.3 Å². The molecule has 1 aromatic rings. The first-order valence-corrected chi connectivity index (χ1v) is 5.75. The van der Waals surface area contributed by atoms with E-state index in [4.69, 9.17) is 0 Å². The molecule has 0 bridgehead atoms. The van der Waals surface area contributed by atoms with E-state index in [9.17, 15) is 0 Å². The lowest BCUT2D eigenvalue weighted by atomic mass is 9.83. The summed E-state index contributed by atoms with van der Waals surface area (Å²) in [6, 6.07) is 6.58. The molecule has 2 rings (SSSR count). The minimum atomic E-state index is 0.103. The number of likely N-dealkylation sites (N-methyl/N-ethyl adjacent to an activating group) is 1. The molecule has 86 valence electrons. The van der Waals surface area contributed by atoms with Gasteiger partial charge in [-0.3, -0.25) is 0 Å². The number of allylic oxidation sites excluding steroid dienone is 2. The summed E-state index contributed by atoms with van der Waals surface area (Å²) in [6.07, 6.45) is 2.21. The van der Waals surface area contributed by atoms with Gasteiger partial charge in [0.15, 0.2) is 0 Å². The summed E-state index contributed by atoms with van der Waals surface area (Å²) >= 11 is 0. The van der Waals surface area contributed by atoms with Gasteiger partial charge in [0.2, 0.25) is 0 Å². The average Bonchev–Trinajstić information content (AvgIpc) is 2.46. The monoisotopic (exact) mass is 216 g/mol. The van der Waals surface area contributed by atoms with Gasteiger partial charge in [0, 0.05) is 36.6 Å². The Balaban J connectivity index is 2.63. The van der Waals surface area contributed by atoms with Crippen LogP contribution < -0.4 is 10.2 Å². The van der Waals surface area contributed by atoms with Crippen LogP contribution >= 0.6 is 0 Å². The van der Waals surface area contributed by atoms with E-state index in [0.29, 0.717) is 0 Å². The maximum absolute atomic E-state index is 3.20. The number of nitrogens with zero attached hydrogens (tertiary/aromatic N) is 1. The van der Waals surface area contributed by atoms with E-state index in [-0.39, 0.29) is 5.41 Å². The molecule has 2 nitrogen and oxygen atoms in total. The Kier molecular flexibility index (Phi) is 2.45. The van der Waals surface area contributed by atoms with Crippen LogP contribution in [-0.2, 0) is 5.41 Å². The van der Waals surface area contributed by atoms with Gasteiger partial charge in [-0.2, -0.15) is 0 Å². The number of hydrogen-bond acceptors (Lipinski definition) is 2. The van der Waals surface area contributed by atoms with Crippen molar-refractivity contribution in [2.24, 2.45) is 0 Å². The van der Waals surface area contributed by atoms with Gasteiger partial charge in [-0.05, 0) is 30.7 Å². The van der Waals surface area contributed by atoms with Crippen LogP contribution in [0, 0.1) is 0 Å². The minimum Gasteiger partial charge on any atom is -0.388 e. The second-order valence-corrected chi connectivity index (χ2v) is 4.84. The molecule has 0 fully saturated rings. The van der Waals surface area contributed by atoms with Gasteiger partial charge >= 0.3 is 0 Å². The molecular formula is C14H20N2. The molecule has 1 aliphatic heterocycles. The Morgan fingerprint density at radius 1 is 1.31 bits per heavy atom. The number of benzene rings is 1. The number of anilines is 2. The van der Waals surface area contributed by atoms with Gasteiger partial charge in [-0.1, -0.05) is 19.9 Å². The lowest BCUT2D eigenvalue weighted by Crippen LogP contribution is -2.22. The number of rotatable bonds is 1. The van der Waals surface area contributed by atoms with Crippen molar-refractivity contribution in [2.45, 2.75) is 26.2 Å². The van der Waals surface area contributed by atoms with Crippen molar-refractivity contribution >= 4 is 11.4 Å². The summed E-state index contributed by atoms with van der Waals surface area (Å²) in [7, 11) is 4.10. The molecule has 0 saturated carbocycles. The van der Waals surface area contributed by atoms with Gasteiger partial charge in [0.25, 0.3) is 0 Å². The molecule has 0 atom stereocenters. The third-order valence-electron chi connectivity index (χ3n) is 3.60. The first kappa shape index (κ1) is 11.1. The van der Waals surface area contributed by atoms with E-state index in [0.717, 1.165) is 0 Å². The molecular weight excluding hydrogens is 196 g/mol. The highest BCUT2D eigenvalue weighted by molar-refractivity contribution is 5.73. The van der Waals surface area contributed by atoms with Crippen LogP contribution in [0.5, 0.6) is 0 Å². The van der Waals surface area contributed by atoms with Crippen molar-refractivity contribution < 1.29 is 0 Å². The van der Waals surface area contributed by atoms with Crippen molar-refractivity contribution in [3.05, 3.63) is 35.5 Å². The summed E-state index contributed by atoms with van der Waals surface area (Å²) in [5.41, 5.74) is 5.37. The summed E-state index contributed by atoms with van der Waals surface area (Å²) in [4.78, 5) is 2.29. The van der Waals surface area contributed by atoms with Gasteiger partial charge in [0.1, 0.15) is 0 Å². The molecule has 2 heteroatoms. The fraction of sp³-hybridized carbons (Fsp3) is 0.429. The van der Waals surface area contributed by atoms with Crippen LogP contribution in [0.15, 0.2) is 30.0 Å². The van der Waals surface area contributed by atoms with Crippen LogP contribution in [0.2, 0.25) is 0 Å². The van der Waals surface area contributed by atoms with Gasteiger partial charge < -0.3 is 10.2 Å². The van der Waals surface area contributed by atoms with E-state index >= 15 is 0 Å². The maximum Gasteiger partial charge on any atom is 0.0449 e. The van der Waals surface area contributed by atoms with Crippen molar-refractivity contribution in [3.63, 3.8) is 0 Å². The Labute approximate surface area is 98.0 Å². The molecule has 1 N–H and O–H groups in total. The average molecular weight is 216 g/mol. The zero-order chi connectivity index (χ0) is 11.9. The molecule has 1 heterocycles. The normalized spacial score (nSPS) is 20.1. The van der Waals surface area contributed by atoms with Crippen LogP contribution in [-0.4, -0.2) is 14.1 Å². The van der Waals surface area contributed by atoms with E-state index < -0.39 is 0 Å². The summed E-state index contributed by atoms with van der Waals surface area (Å²) in [5.74, 6) is 0. The third kappa shape index (κ3) is 1.33. The molecule has 16 heavy (non-hydrogen) atoms. The fourth-order valence-corrected chi connectivity index (χ4v) is 2.73. The Morgan fingerprint density at radius 2 is 2.00 bits per heavy atom. The molecule has 1 aromatic carbocycles. The molecule has 0 spiro atoms. The predicted octanol–water partition coefficient (Wildman–Crippen LogP) is 3.36. The van der Waals surface area contributed by atoms with Crippen LogP contribution in [0.25, 0.3) is 0 Å². The molecule has 0 amide bonds. The molecule has 0 radical (unpaired) electrons. The number of fused-ring (bicyclic) bond motifs is 1. The quantitative estimate of drug-likeness (QED) is 0.774. The van der Waals surface area contributed by atoms with Crippen molar-refractivity contribution in [1.82, 2.24) is 0 Å². The number of nitrogens with one attached hydrogen (secondary N) is 1. The second kappa shape index (κ2) is 3.55. The summed E-state index contributed by atoms with van der Waals surface area (Å²) in [5, 5.41) is 3.20. The zero-order valence-electron chi connectivity index (χ0n) is 10.8. The summed E-state index contributed by atoms with van der Waals surface area (Å²) in [6.45, 7) is 6.67. The van der Waals surface area contributed by atoms with E-state index in [1.54, 1.807) is 0 Å². The van der Waals surface area contributed by atoms with Crippen LogP contribution in [0.1, 0.15) is 26.3 Å². The zero-order valence-corrected chi connectivity index (χ0v) is 10.8. The molecule has 1 aliphatic rings. The highest BCUT2D eigenvalue weighted by atomic mass is 15.2. The first-order chi connectivity index (χ1) is 7.52. The van der Waals surface area contributed by atoms with Crippen molar-refractivity contribution in [1.29, 1.82) is 0 Å². The Bertz CT molecular complexity index is 444. The highest BCUT2D eigenvalue weighted by Crippen LogP contribution is 2.47. The minimum absolute atomic E-state index is 0.103. The lowest BCUT2D eigenvalue weighted by molar-refractivity contribution is 0.639. The van der Waals surface area contributed by atoms with E-state index in [1.807, 2.05) is 7.05 Å². The standard InChI is InChI=1S/C14H20N2/c1-6-13-14(2,3)11-9-10(15-4)7-8-12(11)16(13)5/h6-9,15H,1-5H3/b13-6-. The molecule has 0 unspecified atom stereocenters. The Hall–Kier alpha value is -1.44. The fourth-order valence-electron chi connectivity index (χ4n) is 2.73. The van der Waals surface area contributed by atoms with Crippen LogP contribution in [0.4, 0.5) is 11.4 Å². The highest BCUT2D eigenvalue weighted by Gasteiger charge is 2.37. The molecule has 0 saturated heterocycles. The van der Waals surface area contributed by atoms with Gasteiger partial charge in [-0.25, -0.2) is 0 Å². The van der Waals surface area contributed by atoms with Gasteiger partial charge in [0.05, 0.1) is 0 Å². The molecule has 0 aromatic heterocycles. The topological polar surface area (TPSA) is 15.3 Å². The first-order valence-electron chi connectivity index (χ1n) is 5.75. The van der Waals surface area contributed by atoms with Crippen molar-refractivity contribution in [3.8, 4) is 0 Å². The SMILES string of the molecule is C/C=C1\N(C)c2ccc(NC)cc2C1(C)C. The van der Waals surface area contributed by atoms with E-state index in [1.165, 1.54) is 22.6 Å². The second-order valence-electron chi connectivity index (χ2n) is 4.84. The maximum atomic E-state index is 3.20. The largest absolute Gasteiger partial charge is 0.388 e. The summed E-state index contributed by atoms with van der Waals surface area (Å²) < 4.78 is 0. The van der Waals surface area contributed by atoms with E-state index in [2.05, 4.69) is 62.3 Å².